The molecule has 1 aromatic carbocycles. The van der Waals surface area contributed by atoms with Crippen molar-refractivity contribution in [1.29, 1.82) is 0 Å². The molecule has 0 radical (unpaired) electrons. The molecule has 3 nitrogen and oxygen atoms in total. The molecule has 0 saturated carbocycles. The molecule has 0 fully saturated rings. The molecule has 1 N–H and O–H groups in total. The molecule has 2 aromatic rings. The molecule has 2 rings (SSSR count). The van der Waals surface area contributed by atoms with Gasteiger partial charge in [-0.25, -0.2) is 9.97 Å². The Labute approximate surface area is 129 Å². The number of nitrogens with one attached hydrogen (secondary N) is 1. The van der Waals surface area contributed by atoms with E-state index in [4.69, 9.17) is 23.2 Å². The van der Waals surface area contributed by atoms with E-state index in [2.05, 4.69) is 29.1 Å². The van der Waals surface area contributed by atoms with E-state index >= 15 is 0 Å². The average Bonchev–Trinajstić information content (AvgIpc) is 2.41. The quantitative estimate of drug-likeness (QED) is 0.863. The molecule has 0 spiro atoms. The van der Waals surface area contributed by atoms with Crippen molar-refractivity contribution in [3.8, 4) is 11.3 Å². The molecule has 106 valence electrons. The summed E-state index contributed by atoms with van der Waals surface area (Å²) in [6.45, 7) is 6.96. The lowest BCUT2D eigenvalue weighted by atomic mass is 10.1. The highest BCUT2D eigenvalue weighted by Gasteiger charge is 2.12. The van der Waals surface area contributed by atoms with Crippen molar-refractivity contribution in [3.05, 3.63) is 40.1 Å². The Morgan fingerprint density at radius 2 is 1.90 bits per heavy atom. The Morgan fingerprint density at radius 1 is 1.15 bits per heavy atom. The minimum atomic E-state index is 0.241. The van der Waals surface area contributed by atoms with Gasteiger partial charge in [0.05, 0.1) is 10.7 Å². The van der Waals surface area contributed by atoms with Gasteiger partial charge >= 0.3 is 0 Å². The maximum Gasteiger partial charge on any atom is 0.133 e. The second-order valence-corrected chi connectivity index (χ2v) is 5.65. The number of hydrogen-bond donors (Lipinski definition) is 1. The smallest absolute Gasteiger partial charge is 0.133 e. The highest BCUT2D eigenvalue weighted by molar-refractivity contribution is 6.35. The zero-order chi connectivity index (χ0) is 14.7. The summed E-state index contributed by atoms with van der Waals surface area (Å²) in [6, 6.07) is 7.27. The minimum absolute atomic E-state index is 0.241. The second-order valence-electron chi connectivity index (χ2n) is 4.81. The summed E-state index contributed by atoms with van der Waals surface area (Å²) < 4.78 is 0. The van der Waals surface area contributed by atoms with Crippen LogP contribution in [0.2, 0.25) is 10.0 Å². The summed E-state index contributed by atoms with van der Waals surface area (Å²) in [7, 11) is 0. The van der Waals surface area contributed by atoms with Gasteiger partial charge in [-0.3, -0.25) is 0 Å². The molecule has 0 aliphatic carbocycles. The predicted molar refractivity (Wildman–Crippen MR) is 85.7 cm³/mol. The lowest BCUT2D eigenvalue weighted by molar-refractivity contribution is 0.776. The van der Waals surface area contributed by atoms with Crippen LogP contribution in [0.15, 0.2) is 24.3 Å². The first-order valence-corrected chi connectivity index (χ1v) is 7.35. The van der Waals surface area contributed by atoms with Crippen LogP contribution in [-0.2, 0) is 0 Å². The number of halogens is 2. The summed E-state index contributed by atoms with van der Waals surface area (Å²) >= 11 is 12.3. The van der Waals surface area contributed by atoms with Gasteiger partial charge < -0.3 is 5.32 Å². The fraction of sp³-hybridized carbons (Fsp3) is 0.333. The van der Waals surface area contributed by atoms with Crippen LogP contribution in [0.1, 0.15) is 32.5 Å². The van der Waals surface area contributed by atoms with Crippen molar-refractivity contribution in [3.63, 3.8) is 0 Å². The van der Waals surface area contributed by atoms with Gasteiger partial charge in [0.1, 0.15) is 11.6 Å². The number of aromatic nitrogens is 2. The van der Waals surface area contributed by atoms with E-state index < -0.39 is 0 Å². The van der Waals surface area contributed by atoms with E-state index in [1.165, 1.54) is 0 Å². The van der Waals surface area contributed by atoms with Gasteiger partial charge in [0.15, 0.2) is 0 Å². The summed E-state index contributed by atoms with van der Waals surface area (Å²) in [4.78, 5) is 9.10. The lowest BCUT2D eigenvalue weighted by Gasteiger charge is -2.12. The van der Waals surface area contributed by atoms with Crippen LogP contribution in [0.5, 0.6) is 0 Å². The van der Waals surface area contributed by atoms with Crippen molar-refractivity contribution >= 4 is 29.0 Å². The van der Waals surface area contributed by atoms with Gasteiger partial charge in [0.25, 0.3) is 0 Å². The van der Waals surface area contributed by atoms with Crippen LogP contribution in [0, 0.1) is 0 Å². The van der Waals surface area contributed by atoms with Crippen LogP contribution in [-0.4, -0.2) is 16.5 Å². The highest BCUT2D eigenvalue weighted by Crippen LogP contribution is 2.31. The van der Waals surface area contributed by atoms with E-state index in [0.717, 1.165) is 29.4 Å². The summed E-state index contributed by atoms with van der Waals surface area (Å²) in [5.74, 6) is 1.83. The summed E-state index contributed by atoms with van der Waals surface area (Å²) in [6.07, 6.45) is 0. The van der Waals surface area contributed by atoms with Gasteiger partial charge in [0.2, 0.25) is 0 Å². The number of rotatable bonds is 4. The van der Waals surface area contributed by atoms with E-state index in [0.29, 0.717) is 10.0 Å². The van der Waals surface area contributed by atoms with Crippen LogP contribution in [0.4, 0.5) is 5.82 Å². The molecule has 0 aliphatic rings. The molecule has 0 saturated heterocycles. The van der Waals surface area contributed by atoms with E-state index in [1.807, 2.05) is 19.1 Å². The number of benzene rings is 1. The van der Waals surface area contributed by atoms with Gasteiger partial charge in [0, 0.05) is 29.1 Å². The van der Waals surface area contributed by atoms with Gasteiger partial charge in [-0.1, -0.05) is 37.0 Å². The Bertz CT molecular complexity index is 612. The fourth-order valence-corrected chi connectivity index (χ4v) is 2.21. The van der Waals surface area contributed by atoms with Crippen molar-refractivity contribution in [2.24, 2.45) is 0 Å². The zero-order valence-corrected chi connectivity index (χ0v) is 13.3. The zero-order valence-electron chi connectivity index (χ0n) is 11.7. The van der Waals surface area contributed by atoms with Crippen molar-refractivity contribution < 1.29 is 0 Å². The normalized spacial score (nSPS) is 10.9. The molecule has 1 heterocycles. The third kappa shape index (κ3) is 3.41. The Morgan fingerprint density at radius 3 is 2.55 bits per heavy atom. The first kappa shape index (κ1) is 15.1. The predicted octanol–water partition coefficient (Wildman–Crippen LogP) is 5.01. The molecule has 0 amide bonds. The first-order valence-electron chi connectivity index (χ1n) is 6.59. The highest BCUT2D eigenvalue weighted by atomic mass is 35.5. The lowest BCUT2D eigenvalue weighted by Crippen LogP contribution is -2.06. The standard InChI is InChI=1S/C15H17Cl2N3/c1-4-18-14-8-13(19-15(20-14)9(2)3)11-7-10(16)5-6-12(11)17/h5-9H,4H2,1-3H3,(H,18,19,20). The summed E-state index contributed by atoms with van der Waals surface area (Å²) in [5.41, 5.74) is 1.61. The number of nitrogens with zero attached hydrogens (tertiary/aromatic N) is 2. The van der Waals surface area contributed by atoms with E-state index in [1.54, 1.807) is 12.1 Å². The molecule has 5 heteroatoms. The Kier molecular flexibility index (Phi) is 4.84. The monoisotopic (exact) mass is 309 g/mol. The maximum atomic E-state index is 6.25. The minimum Gasteiger partial charge on any atom is -0.370 e. The van der Waals surface area contributed by atoms with Crippen LogP contribution in [0.25, 0.3) is 11.3 Å². The van der Waals surface area contributed by atoms with E-state index in [9.17, 15) is 0 Å². The molecular weight excluding hydrogens is 293 g/mol. The first-order chi connectivity index (χ1) is 9.51. The van der Waals surface area contributed by atoms with Crippen molar-refractivity contribution in [2.75, 3.05) is 11.9 Å². The Balaban J connectivity index is 2.57. The molecule has 0 atom stereocenters. The van der Waals surface area contributed by atoms with Crippen LogP contribution in [0.3, 0.4) is 0 Å². The topological polar surface area (TPSA) is 37.8 Å². The molecule has 20 heavy (non-hydrogen) atoms. The second kappa shape index (κ2) is 6.42. The largest absolute Gasteiger partial charge is 0.370 e. The molecule has 0 unspecified atom stereocenters. The number of hydrogen-bond acceptors (Lipinski definition) is 3. The molecule has 1 aromatic heterocycles. The van der Waals surface area contributed by atoms with Crippen LogP contribution < -0.4 is 5.32 Å². The molecular formula is C15H17Cl2N3. The average molecular weight is 310 g/mol. The van der Waals surface area contributed by atoms with E-state index in [-0.39, 0.29) is 5.92 Å². The maximum absolute atomic E-state index is 6.25. The third-order valence-corrected chi connectivity index (χ3v) is 3.39. The SMILES string of the molecule is CCNc1cc(-c2cc(Cl)ccc2Cl)nc(C(C)C)n1. The third-order valence-electron chi connectivity index (χ3n) is 2.82. The van der Waals surface area contributed by atoms with Gasteiger partial charge in [-0.2, -0.15) is 0 Å². The van der Waals surface area contributed by atoms with Gasteiger partial charge in [-0.05, 0) is 25.1 Å². The summed E-state index contributed by atoms with van der Waals surface area (Å²) in [5, 5.41) is 4.49. The van der Waals surface area contributed by atoms with Crippen LogP contribution >= 0.6 is 23.2 Å². The van der Waals surface area contributed by atoms with Gasteiger partial charge in [-0.15, -0.1) is 0 Å². The van der Waals surface area contributed by atoms with Crippen molar-refractivity contribution in [2.45, 2.75) is 26.7 Å². The van der Waals surface area contributed by atoms with Crippen molar-refractivity contribution in [1.82, 2.24) is 9.97 Å². The number of anilines is 1. The Hall–Kier alpha value is -1.32. The molecule has 0 aliphatic heterocycles. The fourth-order valence-electron chi connectivity index (χ4n) is 1.83. The molecule has 0 bridgehead atoms.